The normalized spacial score (nSPS) is 10.7. The van der Waals surface area contributed by atoms with Crippen molar-refractivity contribution in [1.82, 2.24) is 9.97 Å². The van der Waals surface area contributed by atoms with Crippen molar-refractivity contribution >= 4 is 38.6 Å². The molecule has 0 fully saturated rings. The van der Waals surface area contributed by atoms with E-state index in [0.717, 1.165) is 21.1 Å². The van der Waals surface area contributed by atoms with Crippen LogP contribution >= 0.6 is 27.5 Å². The van der Waals surface area contributed by atoms with Gasteiger partial charge in [-0.3, -0.25) is 9.97 Å². The Balaban J connectivity index is 2.94. The minimum atomic E-state index is 0.619. The summed E-state index contributed by atoms with van der Waals surface area (Å²) < 4.78 is 0.778. The number of pyridine rings is 2. The average molecular weight is 258 g/mol. The van der Waals surface area contributed by atoms with Crippen LogP contribution in [-0.4, -0.2) is 9.97 Å². The van der Waals surface area contributed by atoms with E-state index < -0.39 is 0 Å². The van der Waals surface area contributed by atoms with Crippen LogP contribution in [0.3, 0.4) is 0 Å². The molecule has 0 aromatic carbocycles. The van der Waals surface area contributed by atoms with E-state index >= 15 is 0 Å². The first-order chi connectivity index (χ1) is 6.20. The van der Waals surface area contributed by atoms with Crippen LogP contribution in [0.5, 0.6) is 0 Å². The molecular weight excluding hydrogens is 251 g/mol. The molecule has 0 N–H and O–H groups in total. The second-order valence-electron chi connectivity index (χ2n) is 2.75. The lowest BCUT2D eigenvalue weighted by molar-refractivity contribution is 1.29. The third kappa shape index (κ3) is 1.42. The molecule has 0 spiro atoms. The zero-order valence-electron chi connectivity index (χ0n) is 6.88. The van der Waals surface area contributed by atoms with Crippen LogP contribution < -0.4 is 0 Å². The maximum Gasteiger partial charge on any atom is 0.109 e. The highest BCUT2D eigenvalue weighted by molar-refractivity contribution is 9.10. The predicted molar refractivity (Wildman–Crippen MR) is 57.0 cm³/mol. The number of rotatable bonds is 0. The number of aromatic nitrogens is 2. The molecule has 4 heteroatoms. The molecule has 0 saturated heterocycles. The van der Waals surface area contributed by atoms with Crippen molar-refractivity contribution in [2.24, 2.45) is 0 Å². The van der Waals surface area contributed by atoms with Gasteiger partial charge in [-0.15, -0.1) is 0 Å². The van der Waals surface area contributed by atoms with Crippen molar-refractivity contribution < 1.29 is 0 Å². The second-order valence-corrected chi connectivity index (χ2v) is 3.98. The topological polar surface area (TPSA) is 25.8 Å². The molecule has 2 aromatic heterocycles. The zero-order valence-corrected chi connectivity index (χ0v) is 9.22. The predicted octanol–water partition coefficient (Wildman–Crippen LogP) is 3.35. The summed E-state index contributed by atoms with van der Waals surface area (Å²) in [5.74, 6) is 0. The number of aryl methyl sites for hydroxylation is 1. The van der Waals surface area contributed by atoms with Crippen LogP contribution in [0.15, 0.2) is 22.9 Å². The van der Waals surface area contributed by atoms with E-state index in [1.807, 2.05) is 13.0 Å². The number of hydrogen-bond donors (Lipinski definition) is 0. The van der Waals surface area contributed by atoms with E-state index in [1.165, 1.54) is 0 Å². The first kappa shape index (κ1) is 8.91. The highest BCUT2D eigenvalue weighted by Crippen LogP contribution is 2.28. The second kappa shape index (κ2) is 3.24. The first-order valence-corrected chi connectivity index (χ1v) is 4.92. The van der Waals surface area contributed by atoms with Gasteiger partial charge in [0.15, 0.2) is 0 Å². The Morgan fingerprint density at radius 2 is 2.08 bits per heavy atom. The maximum absolute atomic E-state index is 6.05. The lowest BCUT2D eigenvalue weighted by Gasteiger charge is -2.02. The molecule has 13 heavy (non-hydrogen) atoms. The molecule has 0 saturated carbocycles. The van der Waals surface area contributed by atoms with Crippen molar-refractivity contribution in [2.75, 3.05) is 0 Å². The number of halogens is 2. The van der Waals surface area contributed by atoms with Gasteiger partial charge in [-0.2, -0.15) is 0 Å². The molecule has 66 valence electrons. The largest absolute Gasteiger partial charge is 0.253 e. The third-order valence-electron chi connectivity index (χ3n) is 1.85. The van der Waals surface area contributed by atoms with E-state index in [-0.39, 0.29) is 0 Å². The summed E-state index contributed by atoms with van der Waals surface area (Å²) in [5, 5.41) is 0.619. The van der Waals surface area contributed by atoms with Gasteiger partial charge >= 0.3 is 0 Å². The fourth-order valence-corrected chi connectivity index (χ4v) is 1.64. The van der Waals surface area contributed by atoms with Crippen LogP contribution in [0.2, 0.25) is 5.02 Å². The third-order valence-corrected chi connectivity index (χ3v) is 3.06. The molecule has 0 aliphatic rings. The Hall–Kier alpha value is -0.670. The molecule has 0 aliphatic heterocycles. The number of hydrogen-bond acceptors (Lipinski definition) is 2. The van der Waals surface area contributed by atoms with Crippen molar-refractivity contribution in [1.29, 1.82) is 0 Å². The van der Waals surface area contributed by atoms with Gasteiger partial charge in [-0.1, -0.05) is 11.6 Å². The summed E-state index contributed by atoms with van der Waals surface area (Å²) in [6.07, 6.45) is 3.43. The Bertz CT molecular complexity index is 470. The number of fused-ring (bicyclic) bond motifs is 1. The van der Waals surface area contributed by atoms with Crippen LogP contribution in [0.25, 0.3) is 11.0 Å². The van der Waals surface area contributed by atoms with E-state index in [0.29, 0.717) is 5.02 Å². The van der Waals surface area contributed by atoms with Gasteiger partial charge in [0.2, 0.25) is 0 Å². The van der Waals surface area contributed by atoms with Crippen LogP contribution in [0.4, 0.5) is 0 Å². The van der Waals surface area contributed by atoms with Crippen LogP contribution in [0.1, 0.15) is 5.56 Å². The summed E-state index contributed by atoms with van der Waals surface area (Å²) in [4.78, 5) is 8.43. The Morgan fingerprint density at radius 1 is 1.31 bits per heavy atom. The lowest BCUT2D eigenvalue weighted by atomic mass is 10.2. The van der Waals surface area contributed by atoms with Crippen molar-refractivity contribution in [3.05, 3.63) is 33.5 Å². The fourth-order valence-electron chi connectivity index (χ4n) is 1.17. The smallest absolute Gasteiger partial charge is 0.109 e. The van der Waals surface area contributed by atoms with Crippen molar-refractivity contribution in [2.45, 2.75) is 6.92 Å². The Kier molecular flexibility index (Phi) is 2.22. The van der Waals surface area contributed by atoms with Crippen molar-refractivity contribution in [3.8, 4) is 0 Å². The molecule has 2 heterocycles. The van der Waals surface area contributed by atoms with E-state index in [4.69, 9.17) is 11.6 Å². The summed E-state index contributed by atoms with van der Waals surface area (Å²) in [5.41, 5.74) is 2.69. The first-order valence-electron chi connectivity index (χ1n) is 3.75. The van der Waals surface area contributed by atoms with Crippen molar-refractivity contribution in [3.63, 3.8) is 0 Å². The minimum absolute atomic E-state index is 0.619. The molecular formula is C9H6BrClN2. The molecule has 2 rings (SSSR count). The summed E-state index contributed by atoms with van der Waals surface area (Å²) in [7, 11) is 0. The zero-order chi connectivity index (χ0) is 9.42. The summed E-state index contributed by atoms with van der Waals surface area (Å²) >= 11 is 9.36. The van der Waals surface area contributed by atoms with Crippen LogP contribution in [0, 0.1) is 6.92 Å². The molecule has 0 atom stereocenters. The molecule has 0 bridgehead atoms. The van der Waals surface area contributed by atoms with Gasteiger partial charge in [0, 0.05) is 12.4 Å². The molecule has 0 aliphatic carbocycles. The molecule has 0 unspecified atom stereocenters. The van der Waals surface area contributed by atoms with E-state index in [9.17, 15) is 0 Å². The standard InChI is InChI=1S/C9H6BrClN2/c1-5-2-3-12-9-7(11)6(10)4-13-8(5)9/h2-4H,1H3. The van der Waals surface area contributed by atoms with Gasteiger partial charge in [0.1, 0.15) is 5.52 Å². The SMILES string of the molecule is Cc1ccnc2c(Cl)c(Br)cnc12. The highest BCUT2D eigenvalue weighted by Gasteiger charge is 2.06. The molecule has 2 aromatic rings. The quantitative estimate of drug-likeness (QED) is 0.723. The summed E-state index contributed by atoms with van der Waals surface area (Å²) in [6.45, 7) is 1.99. The lowest BCUT2D eigenvalue weighted by Crippen LogP contribution is -1.87. The Morgan fingerprint density at radius 3 is 2.85 bits per heavy atom. The molecule has 2 nitrogen and oxygen atoms in total. The van der Waals surface area contributed by atoms with Gasteiger partial charge in [0.25, 0.3) is 0 Å². The van der Waals surface area contributed by atoms with Gasteiger partial charge in [0.05, 0.1) is 15.0 Å². The fraction of sp³-hybridized carbons (Fsp3) is 0.111. The molecule has 0 amide bonds. The van der Waals surface area contributed by atoms with Gasteiger partial charge < -0.3 is 0 Å². The average Bonchev–Trinajstić information content (AvgIpc) is 2.12. The number of nitrogens with zero attached hydrogens (tertiary/aromatic N) is 2. The maximum atomic E-state index is 6.05. The van der Waals surface area contributed by atoms with E-state index in [1.54, 1.807) is 12.4 Å². The highest BCUT2D eigenvalue weighted by atomic mass is 79.9. The van der Waals surface area contributed by atoms with Crippen LogP contribution in [-0.2, 0) is 0 Å². The monoisotopic (exact) mass is 256 g/mol. The van der Waals surface area contributed by atoms with Gasteiger partial charge in [-0.25, -0.2) is 0 Å². The van der Waals surface area contributed by atoms with E-state index in [2.05, 4.69) is 25.9 Å². The minimum Gasteiger partial charge on any atom is -0.253 e. The Labute approximate surface area is 89.1 Å². The summed E-state index contributed by atoms with van der Waals surface area (Å²) in [6, 6.07) is 1.92. The van der Waals surface area contributed by atoms with Gasteiger partial charge in [-0.05, 0) is 34.5 Å². The molecule has 0 radical (unpaired) electrons.